The van der Waals surface area contributed by atoms with E-state index in [1.54, 1.807) is 13.2 Å². The van der Waals surface area contributed by atoms with Gasteiger partial charge in [-0.2, -0.15) is 0 Å². The fourth-order valence-electron chi connectivity index (χ4n) is 3.18. The number of nitrogens with one attached hydrogen (secondary N) is 1. The molecule has 138 valence electrons. The minimum Gasteiger partial charge on any atom is -0.496 e. The number of carbonyl (C=O) groups excluding carboxylic acids is 1. The van der Waals surface area contributed by atoms with Crippen LogP contribution in [-0.4, -0.2) is 36.1 Å². The van der Waals surface area contributed by atoms with Gasteiger partial charge in [0, 0.05) is 31.3 Å². The molecule has 2 aromatic rings. The Morgan fingerprint density at radius 2 is 2.00 bits per heavy atom. The van der Waals surface area contributed by atoms with Crippen LogP contribution in [0.1, 0.15) is 41.6 Å². The Balaban J connectivity index is 1.71. The summed E-state index contributed by atoms with van der Waals surface area (Å²) in [5.74, 6) is 2.76. The molecule has 1 N–H and O–H groups in total. The highest BCUT2D eigenvalue weighted by Gasteiger charge is 2.19. The molecule has 1 aliphatic rings. The van der Waals surface area contributed by atoms with Gasteiger partial charge in [0.2, 0.25) is 0 Å². The van der Waals surface area contributed by atoms with Crippen molar-refractivity contribution in [1.82, 2.24) is 15.3 Å². The van der Waals surface area contributed by atoms with E-state index in [4.69, 9.17) is 4.74 Å². The molecule has 1 amide bonds. The maximum absolute atomic E-state index is 12.6. The average Bonchev–Trinajstić information content (AvgIpc) is 2.66. The molecular formula is C20H26N4O2. The average molecular weight is 354 g/mol. The number of nitrogens with zero attached hydrogens (tertiary/aromatic N) is 3. The van der Waals surface area contributed by atoms with E-state index in [-0.39, 0.29) is 5.91 Å². The van der Waals surface area contributed by atoms with Gasteiger partial charge in [-0.25, -0.2) is 9.97 Å². The van der Waals surface area contributed by atoms with Gasteiger partial charge < -0.3 is 15.0 Å². The van der Waals surface area contributed by atoms with Crippen molar-refractivity contribution in [3.63, 3.8) is 0 Å². The minimum absolute atomic E-state index is 0.201. The Bertz CT molecular complexity index is 770. The van der Waals surface area contributed by atoms with Crippen LogP contribution in [0.4, 0.5) is 5.82 Å². The summed E-state index contributed by atoms with van der Waals surface area (Å²) in [6.07, 6.45) is 2.30. The molecule has 1 aromatic carbocycles. The SMILES string of the molecule is COc1ccccc1CNC(=O)c1cc(N2CCC(C)CC2)nc(C)n1. The number of para-hydroxylation sites is 1. The van der Waals surface area contributed by atoms with Crippen molar-refractivity contribution >= 4 is 11.7 Å². The second kappa shape index (κ2) is 8.17. The molecule has 0 unspecified atom stereocenters. The zero-order valence-electron chi connectivity index (χ0n) is 15.7. The number of benzene rings is 1. The highest BCUT2D eigenvalue weighted by atomic mass is 16.5. The fraction of sp³-hybridized carbons (Fsp3) is 0.450. The third-order valence-electron chi connectivity index (χ3n) is 4.80. The first kappa shape index (κ1) is 18.2. The number of methoxy groups -OCH3 is 1. The van der Waals surface area contributed by atoms with E-state index in [0.29, 0.717) is 18.1 Å². The van der Waals surface area contributed by atoms with Crippen LogP contribution in [0.2, 0.25) is 0 Å². The molecule has 0 aliphatic carbocycles. The first-order valence-electron chi connectivity index (χ1n) is 9.07. The van der Waals surface area contributed by atoms with E-state index in [1.165, 1.54) is 0 Å². The molecule has 1 saturated heterocycles. The number of hydrogen-bond acceptors (Lipinski definition) is 5. The summed E-state index contributed by atoms with van der Waals surface area (Å²) in [6, 6.07) is 9.44. The topological polar surface area (TPSA) is 67.3 Å². The lowest BCUT2D eigenvalue weighted by atomic mass is 9.99. The standard InChI is InChI=1S/C20H26N4O2/c1-14-8-10-24(11-9-14)19-12-17(22-15(2)23-19)20(25)21-13-16-6-4-5-7-18(16)26-3/h4-7,12,14H,8-11,13H2,1-3H3,(H,21,25). The van der Waals surface area contributed by atoms with E-state index >= 15 is 0 Å². The van der Waals surface area contributed by atoms with Gasteiger partial charge in [0.25, 0.3) is 5.91 Å². The molecule has 0 spiro atoms. The van der Waals surface area contributed by atoms with Gasteiger partial charge in [0.15, 0.2) is 0 Å². The summed E-state index contributed by atoms with van der Waals surface area (Å²) < 4.78 is 5.33. The minimum atomic E-state index is -0.201. The summed E-state index contributed by atoms with van der Waals surface area (Å²) in [6.45, 7) is 6.44. The maximum atomic E-state index is 12.6. The zero-order chi connectivity index (χ0) is 18.5. The summed E-state index contributed by atoms with van der Waals surface area (Å²) >= 11 is 0. The number of aryl methyl sites for hydroxylation is 1. The summed E-state index contributed by atoms with van der Waals surface area (Å²) in [4.78, 5) is 23.7. The Kier molecular flexibility index (Phi) is 5.71. The van der Waals surface area contributed by atoms with Crippen LogP contribution < -0.4 is 15.0 Å². The van der Waals surface area contributed by atoms with Crippen molar-refractivity contribution in [2.75, 3.05) is 25.1 Å². The first-order chi connectivity index (χ1) is 12.6. The zero-order valence-corrected chi connectivity index (χ0v) is 15.7. The van der Waals surface area contributed by atoms with Crippen molar-refractivity contribution in [1.29, 1.82) is 0 Å². The number of anilines is 1. The molecule has 0 bridgehead atoms. The quantitative estimate of drug-likeness (QED) is 0.894. The number of amides is 1. The van der Waals surface area contributed by atoms with Crippen LogP contribution in [0.15, 0.2) is 30.3 Å². The van der Waals surface area contributed by atoms with Crippen molar-refractivity contribution < 1.29 is 9.53 Å². The molecule has 1 aromatic heterocycles. The van der Waals surface area contributed by atoms with Crippen LogP contribution in [-0.2, 0) is 6.54 Å². The molecule has 0 radical (unpaired) electrons. The molecule has 6 nitrogen and oxygen atoms in total. The number of aromatic nitrogens is 2. The molecular weight excluding hydrogens is 328 g/mol. The van der Waals surface area contributed by atoms with Gasteiger partial charge in [-0.3, -0.25) is 4.79 Å². The predicted octanol–water partition coefficient (Wildman–Crippen LogP) is 2.96. The molecule has 26 heavy (non-hydrogen) atoms. The van der Waals surface area contributed by atoms with Crippen molar-refractivity contribution in [3.8, 4) is 5.75 Å². The van der Waals surface area contributed by atoms with Crippen LogP contribution in [0.3, 0.4) is 0 Å². The van der Waals surface area contributed by atoms with Crippen LogP contribution in [0.25, 0.3) is 0 Å². The molecule has 1 aliphatic heterocycles. The fourth-order valence-corrected chi connectivity index (χ4v) is 3.18. The summed E-state index contributed by atoms with van der Waals surface area (Å²) in [5.41, 5.74) is 1.33. The van der Waals surface area contributed by atoms with E-state index < -0.39 is 0 Å². The molecule has 0 atom stereocenters. The smallest absolute Gasteiger partial charge is 0.270 e. The van der Waals surface area contributed by atoms with Gasteiger partial charge in [0.05, 0.1) is 7.11 Å². The van der Waals surface area contributed by atoms with E-state index in [1.807, 2.05) is 31.2 Å². The maximum Gasteiger partial charge on any atom is 0.270 e. The molecule has 0 saturated carbocycles. The normalized spacial score (nSPS) is 15.0. The van der Waals surface area contributed by atoms with E-state index in [2.05, 4.69) is 27.1 Å². The van der Waals surface area contributed by atoms with Crippen molar-refractivity contribution in [2.24, 2.45) is 5.92 Å². The van der Waals surface area contributed by atoms with Crippen LogP contribution >= 0.6 is 0 Å². The Hall–Kier alpha value is -2.63. The highest BCUT2D eigenvalue weighted by Crippen LogP contribution is 2.22. The van der Waals surface area contributed by atoms with Crippen molar-refractivity contribution in [2.45, 2.75) is 33.2 Å². The Morgan fingerprint density at radius 1 is 1.27 bits per heavy atom. The van der Waals surface area contributed by atoms with Gasteiger partial charge in [-0.05, 0) is 31.7 Å². The Morgan fingerprint density at radius 3 is 2.73 bits per heavy atom. The number of ether oxygens (including phenoxy) is 1. The lowest BCUT2D eigenvalue weighted by molar-refractivity contribution is 0.0945. The first-order valence-corrected chi connectivity index (χ1v) is 9.07. The van der Waals surface area contributed by atoms with E-state index in [9.17, 15) is 4.79 Å². The second-order valence-corrected chi connectivity index (χ2v) is 6.82. The largest absolute Gasteiger partial charge is 0.496 e. The van der Waals surface area contributed by atoms with E-state index in [0.717, 1.165) is 49.0 Å². The number of carbonyl (C=O) groups is 1. The Labute approximate surface area is 154 Å². The third-order valence-corrected chi connectivity index (χ3v) is 4.80. The van der Waals surface area contributed by atoms with Gasteiger partial charge in [-0.15, -0.1) is 0 Å². The number of rotatable bonds is 5. The second-order valence-electron chi connectivity index (χ2n) is 6.82. The molecule has 1 fully saturated rings. The lowest BCUT2D eigenvalue weighted by Crippen LogP contribution is -2.34. The third kappa shape index (κ3) is 4.31. The summed E-state index contributed by atoms with van der Waals surface area (Å²) in [7, 11) is 1.63. The summed E-state index contributed by atoms with van der Waals surface area (Å²) in [5, 5.41) is 2.93. The van der Waals surface area contributed by atoms with Crippen LogP contribution in [0.5, 0.6) is 5.75 Å². The highest BCUT2D eigenvalue weighted by molar-refractivity contribution is 5.93. The van der Waals surface area contributed by atoms with Gasteiger partial charge in [-0.1, -0.05) is 25.1 Å². The molecule has 6 heteroatoms. The van der Waals surface area contributed by atoms with Gasteiger partial charge in [0.1, 0.15) is 23.1 Å². The van der Waals surface area contributed by atoms with Crippen molar-refractivity contribution in [3.05, 3.63) is 47.4 Å². The van der Waals surface area contributed by atoms with Crippen LogP contribution in [0, 0.1) is 12.8 Å². The predicted molar refractivity (Wildman–Crippen MR) is 102 cm³/mol. The molecule has 3 rings (SSSR count). The lowest BCUT2D eigenvalue weighted by Gasteiger charge is -2.31. The number of piperidine rings is 1. The molecule has 2 heterocycles. The number of hydrogen-bond donors (Lipinski definition) is 1. The monoisotopic (exact) mass is 354 g/mol. The van der Waals surface area contributed by atoms with Gasteiger partial charge >= 0.3 is 0 Å².